The van der Waals surface area contributed by atoms with E-state index in [1.54, 1.807) is 6.20 Å². The molecule has 0 radical (unpaired) electrons. The second-order valence-corrected chi connectivity index (χ2v) is 16.4. The van der Waals surface area contributed by atoms with Crippen LogP contribution in [0.25, 0.3) is 0 Å². The van der Waals surface area contributed by atoms with Crippen LogP contribution in [0.2, 0.25) is 0 Å². The molecule has 1 aromatic carbocycles. The summed E-state index contributed by atoms with van der Waals surface area (Å²) in [7, 11) is 0. The van der Waals surface area contributed by atoms with Crippen LogP contribution in [0.5, 0.6) is 5.75 Å². The maximum Gasteiger partial charge on any atom is 0.434 e. The van der Waals surface area contributed by atoms with Crippen LogP contribution in [0.1, 0.15) is 98.9 Å². The number of aromatic hydroxyl groups is 1. The Kier molecular flexibility index (Phi) is 9.92. The molecule has 2 aromatic heterocycles. The zero-order valence-corrected chi connectivity index (χ0v) is 29.9. The summed E-state index contributed by atoms with van der Waals surface area (Å²) < 4.78 is 46.8. The molecule has 0 spiro atoms. The molecule has 5 aliphatic rings. The van der Waals surface area contributed by atoms with Gasteiger partial charge in [-0.1, -0.05) is 18.2 Å². The minimum atomic E-state index is -4.67. The number of phenolic OH excluding ortho intramolecular Hbond substituents is 1. The van der Waals surface area contributed by atoms with Gasteiger partial charge in [-0.2, -0.15) is 13.2 Å². The van der Waals surface area contributed by atoms with Crippen molar-refractivity contribution in [2.24, 2.45) is 23.2 Å². The average Bonchev–Trinajstić information content (AvgIpc) is 3.74. The highest BCUT2D eigenvalue weighted by Crippen LogP contribution is 2.62. The van der Waals surface area contributed by atoms with E-state index in [0.29, 0.717) is 41.3 Å². The Morgan fingerprint density at radius 3 is 2.64 bits per heavy atom. The Morgan fingerprint density at radius 1 is 1.04 bits per heavy atom. The molecule has 15 heteroatoms. The monoisotopic (exact) mass is 741 g/mol. The molecule has 2 aliphatic heterocycles. The summed E-state index contributed by atoms with van der Waals surface area (Å²) in [6, 6.07) is 5.19. The Morgan fingerprint density at radius 2 is 1.85 bits per heavy atom. The number of phenols is 1. The van der Waals surface area contributed by atoms with Crippen LogP contribution in [-0.2, 0) is 17.3 Å². The van der Waals surface area contributed by atoms with Crippen LogP contribution in [0.3, 0.4) is 0 Å². The minimum Gasteiger partial charge on any atom is -0.508 e. The van der Waals surface area contributed by atoms with Gasteiger partial charge >= 0.3 is 6.18 Å². The van der Waals surface area contributed by atoms with E-state index >= 15 is 0 Å². The summed E-state index contributed by atoms with van der Waals surface area (Å²) in [6.45, 7) is 5.08. The third-order valence-corrected chi connectivity index (χ3v) is 13.4. The van der Waals surface area contributed by atoms with E-state index in [9.17, 15) is 33.6 Å². The van der Waals surface area contributed by atoms with E-state index in [0.717, 1.165) is 83.6 Å². The zero-order chi connectivity index (χ0) is 37.1. The molecule has 4 unspecified atom stereocenters. The van der Waals surface area contributed by atoms with Gasteiger partial charge in [-0.3, -0.25) is 4.98 Å². The third-order valence-electron chi connectivity index (χ3n) is 13.4. The molecule has 10 atom stereocenters. The van der Waals surface area contributed by atoms with Crippen molar-refractivity contribution < 1.29 is 38.3 Å². The number of halogens is 3. The topological polar surface area (TPSA) is 162 Å². The summed E-state index contributed by atoms with van der Waals surface area (Å²) >= 11 is 0. The Hall–Kier alpha value is -3.37. The van der Waals surface area contributed by atoms with E-state index < -0.39 is 36.2 Å². The highest BCUT2D eigenvalue weighted by molar-refractivity contribution is 5.41. The number of hydrogen-bond acceptors (Lipinski definition) is 11. The first kappa shape index (κ1) is 36.6. The third kappa shape index (κ3) is 7.03. The molecule has 4 fully saturated rings. The number of hydrogen-bond donors (Lipinski definition) is 5. The molecule has 3 aliphatic carbocycles. The Balaban J connectivity index is 0.838. The van der Waals surface area contributed by atoms with Gasteiger partial charge in [0.15, 0.2) is 5.69 Å². The molecule has 288 valence electrons. The van der Waals surface area contributed by atoms with Gasteiger partial charge in [-0.25, -0.2) is 9.67 Å². The summed E-state index contributed by atoms with van der Waals surface area (Å²) in [5.74, 6) is 2.28. The number of likely N-dealkylation sites (tertiary alicyclic amines) is 1. The van der Waals surface area contributed by atoms with Crippen LogP contribution < -0.4 is 5.32 Å². The maximum atomic E-state index is 13.1. The Labute approximate surface area is 306 Å². The van der Waals surface area contributed by atoms with Crippen LogP contribution in [0.4, 0.5) is 19.0 Å². The number of nitrogens with zero attached hydrogens (tertiary/aromatic N) is 6. The number of fused-ring (bicyclic) bond motifs is 5. The number of ether oxygens (including phenoxy) is 1. The van der Waals surface area contributed by atoms with Gasteiger partial charge in [0.1, 0.15) is 35.6 Å². The van der Waals surface area contributed by atoms with Crippen molar-refractivity contribution in [1.82, 2.24) is 29.9 Å². The van der Waals surface area contributed by atoms with Crippen molar-refractivity contribution in [3.05, 3.63) is 59.3 Å². The van der Waals surface area contributed by atoms with Crippen LogP contribution in [0, 0.1) is 23.2 Å². The number of aliphatic hydroxyl groups excluding tert-OH is 3. The number of nitrogens with one attached hydrogen (secondary N) is 1. The van der Waals surface area contributed by atoms with E-state index in [-0.39, 0.29) is 30.0 Å². The first-order valence-corrected chi connectivity index (χ1v) is 19.2. The van der Waals surface area contributed by atoms with Crippen molar-refractivity contribution in [2.45, 2.75) is 113 Å². The van der Waals surface area contributed by atoms with Gasteiger partial charge in [0.2, 0.25) is 0 Å². The summed E-state index contributed by atoms with van der Waals surface area (Å²) in [5, 5.41) is 54.3. The van der Waals surface area contributed by atoms with Crippen molar-refractivity contribution in [3.8, 4) is 5.75 Å². The van der Waals surface area contributed by atoms with Crippen LogP contribution in [-0.4, -0.2) is 101 Å². The van der Waals surface area contributed by atoms with Crippen LogP contribution >= 0.6 is 0 Å². The molecule has 2 saturated carbocycles. The fraction of sp³-hybridized carbons (Fsp3) is 0.684. The van der Waals surface area contributed by atoms with E-state index in [1.807, 2.05) is 16.8 Å². The summed E-state index contributed by atoms with van der Waals surface area (Å²) in [4.78, 5) is 9.62. The van der Waals surface area contributed by atoms with Gasteiger partial charge in [0, 0.05) is 13.1 Å². The molecule has 5 N–H and O–H groups in total. The molecular formula is C38H50F3N7O5. The van der Waals surface area contributed by atoms with Crippen molar-refractivity contribution >= 4 is 5.82 Å². The predicted octanol–water partition coefficient (Wildman–Crippen LogP) is 4.63. The fourth-order valence-corrected chi connectivity index (χ4v) is 10.6. The van der Waals surface area contributed by atoms with Gasteiger partial charge in [-0.05, 0) is 117 Å². The normalized spacial score (nSPS) is 35.0. The Bertz CT molecular complexity index is 1750. The zero-order valence-electron chi connectivity index (χ0n) is 29.9. The number of alkyl halides is 3. The van der Waals surface area contributed by atoms with Gasteiger partial charge in [0.25, 0.3) is 0 Å². The van der Waals surface area contributed by atoms with E-state index in [4.69, 9.17) is 4.74 Å². The van der Waals surface area contributed by atoms with Crippen LogP contribution in [0.15, 0.2) is 36.8 Å². The quantitative estimate of drug-likeness (QED) is 0.219. The van der Waals surface area contributed by atoms with Gasteiger partial charge < -0.3 is 35.4 Å². The maximum absolute atomic E-state index is 13.1. The standard InChI is InChI=1S/C38H50F3N7O5/c1-37-11-8-26-25-5-4-24(49)16-22(25)15-21(33(26)27(37)6-7-31(37)50)3-2-12-47-13-9-23(10-14-47)48-19-28(45-46-48)36-35(52)34(51)29(20-53-36)43-32-18-42-17-30(44-32)38(39,40)41/h4-5,16-19,21,23,26-27,29,31,33-36,49-52H,2-3,6-15,20H2,1H3,(H,43,44)/t21?,26?,27?,29-,31-,33?,34+,35+,36+,37-/m0/s1. The SMILES string of the molecule is C[C@]12CCC3c4ccc(O)cc4CC(CCCN4CCC(n5cc([C@H]6OC[C@H](Nc7cncc(C(F)(F)F)n7)[C@@H](O)[C@H]6O)nn5)CC4)C3C1CC[C@@H]2O. The first-order chi connectivity index (χ1) is 25.4. The lowest BCUT2D eigenvalue weighted by molar-refractivity contribution is -0.144. The molecule has 53 heavy (non-hydrogen) atoms. The smallest absolute Gasteiger partial charge is 0.434 e. The predicted molar refractivity (Wildman–Crippen MR) is 187 cm³/mol. The molecule has 12 nitrogen and oxygen atoms in total. The molecule has 3 aromatic rings. The lowest BCUT2D eigenvalue weighted by Crippen LogP contribution is -2.52. The van der Waals surface area contributed by atoms with Gasteiger partial charge in [-0.15, -0.1) is 5.10 Å². The molecule has 0 amide bonds. The van der Waals surface area contributed by atoms with E-state index in [2.05, 4.69) is 43.5 Å². The van der Waals surface area contributed by atoms with Crippen molar-refractivity contribution in [1.29, 1.82) is 0 Å². The number of benzene rings is 1. The lowest BCUT2D eigenvalue weighted by Gasteiger charge is -2.53. The number of anilines is 1. The molecule has 4 heterocycles. The fourth-order valence-electron chi connectivity index (χ4n) is 10.6. The largest absolute Gasteiger partial charge is 0.508 e. The van der Waals surface area contributed by atoms with Crippen molar-refractivity contribution in [2.75, 3.05) is 31.6 Å². The number of piperidine rings is 1. The first-order valence-electron chi connectivity index (χ1n) is 19.2. The molecule has 0 bridgehead atoms. The number of aliphatic hydroxyl groups is 3. The average molecular weight is 742 g/mol. The minimum absolute atomic E-state index is 0.00281. The van der Waals surface area contributed by atoms with E-state index in [1.165, 1.54) is 11.1 Å². The molecule has 2 saturated heterocycles. The second-order valence-electron chi connectivity index (χ2n) is 16.4. The summed E-state index contributed by atoms with van der Waals surface area (Å²) in [6.07, 6.45) is 4.05. The number of aromatic nitrogens is 5. The lowest BCUT2D eigenvalue weighted by atomic mass is 9.52. The van der Waals surface area contributed by atoms with Gasteiger partial charge in [0.05, 0.1) is 43.4 Å². The second kappa shape index (κ2) is 14.4. The highest BCUT2D eigenvalue weighted by atomic mass is 19.4. The highest BCUT2D eigenvalue weighted by Gasteiger charge is 2.56. The summed E-state index contributed by atoms with van der Waals surface area (Å²) in [5.41, 5.74) is 1.93. The van der Waals surface area contributed by atoms with Crippen molar-refractivity contribution in [3.63, 3.8) is 0 Å². The number of rotatable bonds is 8. The molecule has 8 rings (SSSR count). The molecular weight excluding hydrogens is 691 g/mol.